The highest BCUT2D eigenvalue weighted by molar-refractivity contribution is 6.20. The number of aromatic nitrogens is 2. The van der Waals surface area contributed by atoms with Gasteiger partial charge in [0.25, 0.3) is 5.91 Å². The topological polar surface area (TPSA) is 117 Å². The molecule has 2 heterocycles. The van der Waals surface area contributed by atoms with Crippen LogP contribution >= 0.6 is 0 Å². The standard InChI is InChI=1S/C34H34N4O4/c1-19-8-9-21-16-38(34(41)28(21)14-19)30-7-5-6-24(20(30)2)25-12-13-27(33(35)40)32-31(25)26-11-10-23(15-29(26)36-32)42-18-22(39)17-37(3)4/h5-16,22,36,39,41H,17-18H2,1-4H3,(H2,35,40). The van der Waals surface area contributed by atoms with Gasteiger partial charge in [0.1, 0.15) is 18.5 Å². The summed E-state index contributed by atoms with van der Waals surface area (Å²) >= 11 is 0. The van der Waals surface area contributed by atoms with Crippen LogP contribution in [-0.4, -0.2) is 63.9 Å². The lowest BCUT2D eigenvalue weighted by molar-refractivity contribution is 0.0831. The molecule has 0 fully saturated rings. The van der Waals surface area contributed by atoms with Gasteiger partial charge in [0.2, 0.25) is 5.88 Å². The van der Waals surface area contributed by atoms with Crippen LogP contribution in [0.1, 0.15) is 21.5 Å². The minimum atomic E-state index is -0.622. The number of likely N-dealkylation sites (N-methyl/N-ethyl adjacent to an activating group) is 1. The number of rotatable bonds is 8. The summed E-state index contributed by atoms with van der Waals surface area (Å²) in [6.07, 6.45) is 1.33. The number of benzene rings is 4. The van der Waals surface area contributed by atoms with Crippen LogP contribution in [0.5, 0.6) is 11.6 Å². The van der Waals surface area contributed by atoms with Gasteiger partial charge in [-0.15, -0.1) is 0 Å². The second-order valence-electron chi connectivity index (χ2n) is 11.2. The average molecular weight is 563 g/mol. The predicted octanol–water partition coefficient (Wildman–Crippen LogP) is 5.65. The van der Waals surface area contributed by atoms with E-state index in [-0.39, 0.29) is 12.5 Å². The maximum absolute atomic E-state index is 12.4. The summed E-state index contributed by atoms with van der Waals surface area (Å²) in [4.78, 5) is 17.7. The fourth-order valence-corrected chi connectivity index (χ4v) is 5.84. The number of nitrogens with one attached hydrogen (secondary N) is 1. The Labute approximate surface area is 243 Å². The van der Waals surface area contributed by atoms with E-state index in [0.717, 1.165) is 55.0 Å². The number of ether oxygens (including phenoxy) is 1. The molecule has 1 amide bonds. The molecular weight excluding hydrogens is 528 g/mol. The minimum absolute atomic E-state index is 0.161. The van der Waals surface area contributed by atoms with E-state index in [1.165, 1.54) is 0 Å². The first-order chi connectivity index (χ1) is 20.1. The van der Waals surface area contributed by atoms with Crippen molar-refractivity contribution >= 4 is 38.5 Å². The summed E-state index contributed by atoms with van der Waals surface area (Å²) in [7, 11) is 3.80. The Morgan fingerprint density at radius 1 is 1.02 bits per heavy atom. The largest absolute Gasteiger partial charge is 0.494 e. The summed E-state index contributed by atoms with van der Waals surface area (Å²) in [5, 5.41) is 24.9. The van der Waals surface area contributed by atoms with Crippen LogP contribution in [0.25, 0.3) is 49.4 Å². The summed E-state index contributed by atoms with van der Waals surface area (Å²) in [5.74, 6) is 0.280. The van der Waals surface area contributed by atoms with E-state index in [4.69, 9.17) is 10.5 Å². The molecule has 0 bridgehead atoms. The third kappa shape index (κ3) is 4.74. The van der Waals surface area contributed by atoms with Crippen LogP contribution in [-0.2, 0) is 0 Å². The number of carbonyl (C=O) groups is 1. The fourth-order valence-electron chi connectivity index (χ4n) is 5.84. The molecule has 2 aromatic heterocycles. The second-order valence-corrected chi connectivity index (χ2v) is 11.2. The zero-order valence-electron chi connectivity index (χ0n) is 24.1. The lowest BCUT2D eigenvalue weighted by Gasteiger charge is -2.16. The number of primary amides is 1. The summed E-state index contributed by atoms with van der Waals surface area (Å²) in [6.45, 7) is 4.70. The Morgan fingerprint density at radius 2 is 1.83 bits per heavy atom. The van der Waals surface area contributed by atoms with E-state index in [2.05, 4.69) is 4.98 Å². The van der Waals surface area contributed by atoms with E-state index in [1.54, 1.807) is 6.07 Å². The number of nitrogens with two attached hydrogens (primary N) is 1. The zero-order chi connectivity index (χ0) is 29.7. The Morgan fingerprint density at radius 3 is 2.60 bits per heavy atom. The molecule has 1 atom stereocenters. The molecule has 1 unspecified atom stereocenters. The smallest absolute Gasteiger partial charge is 0.250 e. The molecule has 8 nitrogen and oxygen atoms in total. The number of hydrogen-bond donors (Lipinski definition) is 4. The highest BCUT2D eigenvalue weighted by atomic mass is 16.5. The lowest BCUT2D eigenvalue weighted by Crippen LogP contribution is -2.30. The quantitative estimate of drug-likeness (QED) is 0.191. The highest BCUT2D eigenvalue weighted by Gasteiger charge is 2.20. The molecule has 6 rings (SSSR count). The number of hydrogen-bond acceptors (Lipinski definition) is 5. The van der Waals surface area contributed by atoms with Crippen LogP contribution in [0, 0.1) is 13.8 Å². The first kappa shape index (κ1) is 27.4. The van der Waals surface area contributed by atoms with Crippen molar-refractivity contribution in [1.29, 1.82) is 0 Å². The van der Waals surface area contributed by atoms with Crippen molar-refractivity contribution in [3.8, 4) is 28.4 Å². The SMILES string of the molecule is Cc1ccc2cn(-c3cccc(-c4ccc(C(N)=O)c5[nH]c6cc(OCC(O)CN(C)C)ccc6c45)c3C)c(O)c2c1. The molecule has 0 radical (unpaired) electrons. The number of aliphatic hydroxyl groups is 1. The normalized spacial score (nSPS) is 12.5. The van der Waals surface area contributed by atoms with E-state index >= 15 is 0 Å². The summed E-state index contributed by atoms with van der Waals surface area (Å²) < 4.78 is 7.70. The van der Waals surface area contributed by atoms with Crippen LogP contribution in [0.4, 0.5) is 0 Å². The van der Waals surface area contributed by atoms with E-state index in [9.17, 15) is 15.0 Å². The molecule has 0 aliphatic heterocycles. The van der Waals surface area contributed by atoms with Crippen molar-refractivity contribution in [3.63, 3.8) is 0 Å². The number of aromatic amines is 1. The highest BCUT2D eigenvalue weighted by Crippen LogP contribution is 2.41. The molecule has 4 aromatic carbocycles. The third-order valence-electron chi connectivity index (χ3n) is 7.81. The van der Waals surface area contributed by atoms with Crippen LogP contribution in [0.15, 0.2) is 72.9 Å². The molecule has 0 aliphatic rings. The minimum Gasteiger partial charge on any atom is -0.494 e. The van der Waals surface area contributed by atoms with Gasteiger partial charge in [-0.05, 0) is 75.0 Å². The van der Waals surface area contributed by atoms with Crippen molar-refractivity contribution in [2.75, 3.05) is 27.2 Å². The molecule has 8 heteroatoms. The zero-order valence-corrected chi connectivity index (χ0v) is 24.1. The van der Waals surface area contributed by atoms with E-state index in [1.807, 2.05) is 104 Å². The number of carbonyl (C=O) groups excluding carboxylic acids is 1. The first-order valence-electron chi connectivity index (χ1n) is 13.9. The fraction of sp³-hybridized carbons (Fsp3) is 0.206. The molecular formula is C34H34N4O4. The van der Waals surface area contributed by atoms with Gasteiger partial charge < -0.3 is 30.6 Å². The number of nitrogens with zero attached hydrogens (tertiary/aromatic N) is 2. The van der Waals surface area contributed by atoms with Crippen LogP contribution in [0.2, 0.25) is 0 Å². The van der Waals surface area contributed by atoms with Gasteiger partial charge in [-0.3, -0.25) is 9.36 Å². The van der Waals surface area contributed by atoms with Crippen molar-refractivity contribution in [3.05, 3.63) is 89.6 Å². The molecule has 0 aliphatic carbocycles. The number of aromatic hydroxyl groups is 1. The van der Waals surface area contributed by atoms with Gasteiger partial charge in [-0.25, -0.2) is 0 Å². The Hall–Kier alpha value is -4.79. The number of H-pyrrole nitrogens is 1. The molecule has 214 valence electrons. The van der Waals surface area contributed by atoms with Gasteiger partial charge in [0.05, 0.1) is 22.3 Å². The molecule has 0 saturated heterocycles. The molecule has 0 saturated carbocycles. The van der Waals surface area contributed by atoms with Gasteiger partial charge >= 0.3 is 0 Å². The molecule has 42 heavy (non-hydrogen) atoms. The first-order valence-corrected chi connectivity index (χ1v) is 13.9. The monoisotopic (exact) mass is 562 g/mol. The molecule has 5 N–H and O–H groups in total. The van der Waals surface area contributed by atoms with Crippen molar-refractivity contribution in [2.45, 2.75) is 20.0 Å². The lowest BCUT2D eigenvalue weighted by atomic mass is 9.93. The molecule has 0 spiro atoms. The maximum atomic E-state index is 12.4. The maximum Gasteiger partial charge on any atom is 0.250 e. The van der Waals surface area contributed by atoms with Gasteiger partial charge in [-0.1, -0.05) is 35.9 Å². The van der Waals surface area contributed by atoms with Gasteiger partial charge in [0.15, 0.2) is 0 Å². The average Bonchev–Trinajstić information content (AvgIpc) is 3.48. The van der Waals surface area contributed by atoms with Gasteiger partial charge in [-0.2, -0.15) is 0 Å². The Kier molecular flexibility index (Phi) is 6.88. The number of aliphatic hydroxyl groups excluding tert-OH is 1. The Balaban J connectivity index is 1.49. The predicted molar refractivity (Wildman–Crippen MR) is 168 cm³/mol. The number of amides is 1. The van der Waals surface area contributed by atoms with Crippen molar-refractivity contribution in [2.24, 2.45) is 5.73 Å². The number of aryl methyl sites for hydroxylation is 1. The van der Waals surface area contributed by atoms with Crippen molar-refractivity contribution in [1.82, 2.24) is 14.5 Å². The Bertz CT molecular complexity index is 1990. The summed E-state index contributed by atoms with van der Waals surface area (Å²) in [5.41, 5.74) is 12.4. The molecule has 6 aromatic rings. The van der Waals surface area contributed by atoms with Crippen molar-refractivity contribution < 1.29 is 19.7 Å². The van der Waals surface area contributed by atoms with E-state index in [0.29, 0.717) is 23.4 Å². The second kappa shape index (κ2) is 10.6. The third-order valence-corrected chi connectivity index (χ3v) is 7.81. The van der Waals surface area contributed by atoms with Crippen LogP contribution < -0.4 is 10.5 Å². The summed E-state index contributed by atoms with van der Waals surface area (Å²) in [6, 6.07) is 21.4. The van der Waals surface area contributed by atoms with E-state index < -0.39 is 12.0 Å². The van der Waals surface area contributed by atoms with Gasteiger partial charge in [0, 0.05) is 40.4 Å². The number of fused-ring (bicyclic) bond motifs is 4. The van der Waals surface area contributed by atoms with Crippen LogP contribution in [0.3, 0.4) is 0 Å².